The number of nitrogens with one attached hydrogen (secondary N) is 1. The molecule has 1 atom stereocenters. The van der Waals surface area contributed by atoms with Gasteiger partial charge < -0.3 is 14.8 Å². The van der Waals surface area contributed by atoms with Crippen molar-refractivity contribution in [2.75, 3.05) is 39.5 Å². The Bertz CT molecular complexity index is 860. The molecule has 6 nitrogen and oxygen atoms in total. The number of benzene rings is 2. The van der Waals surface area contributed by atoms with E-state index in [1.807, 2.05) is 6.07 Å². The second-order valence-corrected chi connectivity index (χ2v) is 8.18. The first kappa shape index (κ1) is 20.7. The third-order valence-corrected chi connectivity index (χ3v) is 5.90. The Kier molecular flexibility index (Phi) is 6.55. The number of carbonyl (C=O) groups excluding carboxylic acids is 1. The Morgan fingerprint density at radius 2 is 1.70 bits per heavy atom. The number of carbonyl (C=O) groups is 1. The van der Waals surface area contributed by atoms with Gasteiger partial charge in [0, 0.05) is 32.7 Å². The highest BCUT2D eigenvalue weighted by molar-refractivity contribution is 5.78. The van der Waals surface area contributed by atoms with Crippen LogP contribution in [0.15, 0.2) is 42.5 Å². The van der Waals surface area contributed by atoms with Gasteiger partial charge in [-0.1, -0.05) is 42.8 Å². The van der Waals surface area contributed by atoms with Gasteiger partial charge in [0.25, 0.3) is 0 Å². The molecule has 1 saturated heterocycles. The molecule has 2 aliphatic rings. The monoisotopic (exact) mass is 409 g/mol. The van der Waals surface area contributed by atoms with Crippen LogP contribution < -0.4 is 14.8 Å². The lowest BCUT2D eigenvalue weighted by Gasteiger charge is -2.34. The molecule has 2 aliphatic heterocycles. The minimum Gasteiger partial charge on any atom is -0.454 e. The van der Waals surface area contributed by atoms with Crippen molar-refractivity contribution in [1.82, 2.24) is 15.1 Å². The lowest BCUT2D eigenvalue weighted by Crippen LogP contribution is -2.49. The number of aryl methyl sites for hydroxylation is 1. The quantitative estimate of drug-likeness (QED) is 0.762. The molecule has 160 valence electrons. The van der Waals surface area contributed by atoms with Crippen LogP contribution in [0.25, 0.3) is 0 Å². The maximum absolute atomic E-state index is 12.6. The first-order chi connectivity index (χ1) is 14.6. The summed E-state index contributed by atoms with van der Waals surface area (Å²) in [5.74, 6) is 1.76. The number of hydrogen-bond acceptors (Lipinski definition) is 5. The van der Waals surface area contributed by atoms with Crippen LogP contribution >= 0.6 is 0 Å². The van der Waals surface area contributed by atoms with Crippen molar-refractivity contribution in [3.63, 3.8) is 0 Å². The zero-order valence-electron chi connectivity index (χ0n) is 17.9. The number of ether oxygens (including phenoxy) is 2. The third-order valence-electron chi connectivity index (χ3n) is 5.90. The van der Waals surface area contributed by atoms with E-state index in [-0.39, 0.29) is 11.9 Å². The van der Waals surface area contributed by atoms with E-state index in [4.69, 9.17) is 9.47 Å². The van der Waals surface area contributed by atoms with Crippen LogP contribution in [0, 0.1) is 6.92 Å². The molecule has 0 bridgehead atoms. The van der Waals surface area contributed by atoms with Crippen LogP contribution in [0.2, 0.25) is 0 Å². The molecular weight excluding hydrogens is 378 g/mol. The van der Waals surface area contributed by atoms with Crippen LogP contribution in [0.1, 0.15) is 36.1 Å². The van der Waals surface area contributed by atoms with Crippen molar-refractivity contribution in [2.45, 2.75) is 32.9 Å². The number of amides is 1. The van der Waals surface area contributed by atoms with Gasteiger partial charge in [-0.2, -0.15) is 0 Å². The minimum absolute atomic E-state index is 0.0744. The summed E-state index contributed by atoms with van der Waals surface area (Å²) in [7, 11) is 0. The van der Waals surface area contributed by atoms with E-state index in [2.05, 4.69) is 65.4 Å². The molecule has 30 heavy (non-hydrogen) atoms. The van der Waals surface area contributed by atoms with E-state index in [0.29, 0.717) is 13.3 Å². The maximum Gasteiger partial charge on any atom is 0.234 e. The Hall–Kier alpha value is -2.57. The molecule has 2 aromatic carbocycles. The van der Waals surface area contributed by atoms with Crippen LogP contribution in [0.4, 0.5) is 0 Å². The second kappa shape index (κ2) is 9.49. The van der Waals surface area contributed by atoms with Gasteiger partial charge in [-0.3, -0.25) is 14.6 Å². The van der Waals surface area contributed by atoms with Crippen molar-refractivity contribution in [3.8, 4) is 11.5 Å². The van der Waals surface area contributed by atoms with Crippen molar-refractivity contribution >= 4 is 5.91 Å². The normalized spacial score (nSPS) is 17.7. The number of hydrogen-bond donors (Lipinski definition) is 1. The molecule has 1 unspecified atom stereocenters. The highest BCUT2D eigenvalue weighted by Gasteiger charge is 2.21. The summed E-state index contributed by atoms with van der Waals surface area (Å²) in [6, 6.07) is 14.6. The topological polar surface area (TPSA) is 54.0 Å². The van der Waals surface area contributed by atoms with E-state index in [1.54, 1.807) is 0 Å². The Morgan fingerprint density at radius 1 is 1.00 bits per heavy atom. The van der Waals surface area contributed by atoms with Crippen molar-refractivity contribution in [1.29, 1.82) is 0 Å². The molecule has 0 aromatic heterocycles. The highest BCUT2D eigenvalue weighted by Crippen LogP contribution is 2.32. The molecule has 0 radical (unpaired) electrons. The summed E-state index contributed by atoms with van der Waals surface area (Å²) in [6.07, 6.45) is 0.887. The highest BCUT2D eigenvalue weighted by atomic mass is 16.7. The molecule has 0 saturated carbocycles. The van der Waals surface area contributed by atoms with Gasteiger partial charge in [-0.15, -0.1) is 0 Å². The fourth-order valence-electron chi connectivity index (χ4n) is 4.07. The SMILES string of the molecule is CCC(NC(=O)CN1CCN(Cc2ccc3c(c2)OCO3)CC1)c1ccc(C)cc1. The minimum atomic E-state index is 0.0744. The van der Waals surface area contributed by atoms with Crippen LogP contribution in [-0.2, 0) is 11.3 Å². The molecule has 4 rings (SSSR count). The summed E-state index contributed by atoms with van der Waals surface area (Å²) < 4.78 is 10.9. The fraction of sp³-hybridized carbons (Fsp3) is 0.458. The molecule has 1 fully saturated rings. The Morgan fingerprint density at radius 3 is 2.43 bits per heavy atom. The van der Waals surface area contributed by atoms with Gasteiger partial charge in [0.05, 0.1) is 12.6 Å². The average Bonchev–Trinajstić information content (AvgIpc) is 3.22. The first-order valence-electron chi connectivity index (χ1n) is 10.8. The van der Waals surface area contributed by atoms with Gasteiger partial charge in [0.2, 0.25) is 12.7 Å². The first-order valence-corrected chi connectivity index (χ1v) is 10.8. The standard InChI is InChI=1S/C24H31N3O3/c1-3-21(20-7-4-18(2)5-8-20)25-24(28)16-27-12-10-26(11-13-27)15-19-6-9-22-23(14-19)30-17-29-22/h4-9,14,21H,3,10-13,15-17H2,1-2H3,(H,25,28). The molecule has 2 aromatic rings. The van der Waals surface area contributed by atoms with Gasteiger partial charge in [-0.05, 0) is 36.6 Å². The molecule has 0 aliphatic carbocycles. The Labute approximate surface area is 178 Å². The summed E-state index contributed by atoms with van der Waals surface area (Å²) in [5.41, 5.74) is 3.64. The number of piperazine rings is 1. The number of nitrogens with zero attached hydrogens (tertiary/aromatic N) is 2. The van der Waals surface area contributed by atoms with E-state index in [1.165, 1.54) is 16.7 Å². The molecular formula is C24H31N3O3. The summed E-state index contributed by atoms with van der Waals surface area (Å²) in [6.45, 7) is 9.56. The van der Waals surface area contributed by atoms with Crippen LogP contribution in [0.3, 0.4) is 0 Å². The average molecular weight is 410 g/mol. The number of fused-ring (bicyclic) bond motifs is 1. The molecule has 2 heterocycles. The van der Waals surface area contributed by atoms with E-state index in [9.17, 15) is 4.79 Å². The second-order valence-electron chi connectivity index (χ2n) is 8.18. The summed E-state index contributed by atoms with van der Waals surface area (Å²) >= 11 is 0. The molecule has 1 N–H and O–H groups in total. The van der Waals surface area contributed by atoms with Crippen LogP contribution in [0.5, 0.6) is 11.5 Å². The van der Waals surface area contributed by atoms with E-state index >= 15 is 0 Å². The molecule has 0 spiro atoms. The van der Waals surface area contributed by atoms with Gasteiger partial charge in [0.1, 0.15) is 0 Å². The predicted molar refractivity (Wildman–Crippen MR) is 117 cm³/mol. The third kappa shape index (κ3) is 5.12. The van der Waals surface area contributed by atoms with Crippen molar-refractivity contribution < 1.29 is 14.3 Å². The van der Waals surface area contributed by atoms with Crippen molar-refractivity contribution in [3.05, 3.63) is 59.2 Å². The van der Waals surface area contributed by atoms with Crippen molar-refractivity contribution in [2.24, 2.45) is 0 Å². The van der Waals surface area contributed by atoms with E-state index < -0.39 is 0 Å². The lowest BCUT2D eigenvalue weighted by atomic mass is 10.0. The summed E-state index contributed by atoms with van der Waals surface area (Å²) in [4.78, 5) is 17.3. The van der Waals surface area contributed by atoms with E-state index in [0.717, 1.165) is 50.6 Å². The molecule has 6 heteroatoms. The smallest absolute Gasteiger partial charge is 0.234 e. The largest absolute Gasteiger partial charge is 0.454 e. The maximum atomic E-state index is 12.6. The number of rotatable bonds is 7. The predicted octanol–water partition coefficient (Wildman–Crippen LogP) is 3.11. The Balaban J connectivity index is 1.23. The van der Waals surface area contributed by atoms with Crippen LogP contribution in [-0.4, -0.2) is 55.2 Å². The fourth-order valence-corrected chi connectivity index (χ4v) is 4.07. The zero-order chi connectivity index (χ0) is 20.9. The van der Waals surface area contributed by atoms with Gasteiger partial charge >= 0.3 is 0 Å². The summed E-state index contributed by atoms with van der Waals surface area (Å²) in [5, 5.41) is 3.20. The zero-order valence-corrected chi connectivity index (χ0v) is 17.9. The van der Waals surface area contributed by atoms with Gasteiger partial charge in [-0.25, -0.2) is 0 Å². The lowest BCUT2D eigenvalue weighted by molar-refractivity contribution is -0.123. The molecule has 1 amide bonds. The van der Waals surface area contributed by atoms with Gasteiger partial charge in [0.15, 0.2) is 11.5 Å².